The normalized spacial score (nSPS) is 16.8. The lowest BCUT2D eigenvalue weighted by atomic mass is 9.92. The third-order valence-electron chi connectivity index (χ3n) is 5.07. The van der Waals surface area contributed by atoms with E-state index in [1.54, 1.807) is 6.07 Å². The molecule has 7 nitrogen and oxygen atoms in total. The van der Waals surface area contributed by atoms with Crippen LogP contribution in [0.15, 0.2) is 47.7 Å². The van der Waals surface area contributed by atoms with Gasteiger partial charge >= 0.3 is 0 Å². The molecule has 1 aliphatic rings. The highest BCUT2D eigenvalue weighted by Crippen LogP contribution is 2.21. The van der Waals surface area contributed by atoms with Gasteiger partial charge in [-0.1, -0.05) is 12.1 Å². The first-order chi connectivity index (χ1) is 12.6. The molecule has 0 radical (unpaired) electrons. The Morgan fingerprint density at radius 3 is 2.58 bits per heavy atom. The molecule has 26 heavy (non-hydrogen) atoms. The predicted octanol–water partition coefficient (Wildman–Crippen LogP) is 0.794. The van der Waals surface area contributed by atoms with Crippen molar-refractivity contribution in [2.75, 3.05) is 13.1 Å². The number of hydrogen-bond donors (Lipinski definition) is 3. The molecule has 136 valence electrons. The van der Waals surface area contributed by atoms with Gasteiger partial charge in [0, 0.05) is 11.9 Å². The van der Waals surface area contributed by atoms with Crippen LogP contribution in [0, 0.1) is 0 Å². The molecule has 0 aliphatic carbocycles. The molecular weight excluding hydrogens is 332 g/mol. The Morgan fingerprint density at radius 1 is 1.15 bits per heavy atom. The summed E-state index contributed by atoms with van der Waals surface area (Å²) in [6, 6.07) is 9.21. The summed E-state index contributed by atoms with van der Waals surface area (Å²) in [6.07, 6.45) is 4.57. The Morgan fingerprint density at radius 2 is 1.88 bits per heavy atom. The molecule has 3 heterocycles. The Labute approximate surface area is 150 Å². The van der Waals surface area contributed by atoms with Gasteiger partial charge in [-0.15, -0.1) is 0 Å². The number of hydrogen-bond acceptors (Lipinski definition) is 5. The van der Waals surface area contributed by atoms with Gasteiger partial charge in [-0.2, -0.15) is 0 Å². The zero-order chi connectivity index (χ0) is 18.1. The third-order valence-corrected chi connectivity index (χ3v) is 5.07. The molecule has 0 spiro atoms. The highest BCUT2D eigenvalue weighted by atomic mass is 16.3. The van der Waals surface area contributed by atoms with E-state index in [2.05, 4.69) is 10.3 Å². The number of aromatic nitrogens is 3. The lowest BCUT2D eigenvalue weighted by Gasteiger charge is -2.32. The smallest absolute Gasteiger partial charge is 0.262 e. The van der Waals surface area contributed by atoms with Crippen molar-refractivity contribution in [1.82, 2.24) is 19.4 Å². The van der Waals surface area contributed by atoms with Crippen molar-refractivity contribution in [2.24, 2.45) is 0 Å². The number of nitrogens with one attached hydrogen (secondary N) is 1. The molecule has 0 bridgehead atoms. The van der Waals surface area contributed by atoms with Crippen molar-refractivity contribution in [2.45, 2.75) is 31.6 Å². The Kier molecular flexibility index (Phi) is 4.36. The maximum Gasteiger partial charge on any atom is 0.262 e. The fraction of sp³-hybridized carbons (Fsp3) is 0.368. The van der Waals surface area contributed by atoms with Crippen molar-refractivity contribution in [3.8, 4) is 5.69 Å². The van der Waals surface area contributed by atoms with E-state index >= 15 is 0 Å². The molecular formula is C19H22N4O3. The van der Waals surface area contributed by atoms with Gasteiger partial charge in [0.15, 0.2) is 5.65 Å². The summed E-state index contributed by atoms with van der Waals surface area (Å²) in [6.45, 7) is 1.75. The fourth-order valence-corrected chi connectivity index (χ4v) is 3.50. The maximum atomic E-state index is 12.8. The molecule has 4 rings (SSSR count). The summed E-state index contributed by atoms with van der Waals surface area (Å²) < 4.78 is 3.36. The van der Waals surface area contributed by atoms with E-state index in [1.165, 1.54) is 10.9 Å². The Bertz CT molecular complexity index is 969. The van der Waals surface area contributed by atoms with Crippen LogP contribution in [-0.2, 0) is 13.2 Å². The van der Waals surface area contributed by atoms with Crippen LogP contribution in [0.4, 0.5) is 0 Å². The molecule has 0 amide bonds. The first-order valence-corrected chi connectivity index (χ1v) is 8.79. The van der Waals surface area contributed by atoms with E-state index in [9.17, 15) is 9.90 Å². The second-order valence-electron chi connectivity index (χ2n) is 6.90. The minimum Gasteiger partial charge on any atom is -0.392 e. The molecule has 3 aromatic rings. The summed E-state index contributed by atoms with van der Waals surface area (Å²) in [7, 11) is 0. The molecule has 7 heteroatoms. The molecule has 0 atom stereocenters. The van der Waals surface area contributed by atoms with E-state index < -0.39 is 5.60 Å². The number of rotatable bonds is 4. The fourth-order valence-electron chi connectivity index (χ4n) is 3.50. The lowest BCUT2D eigenvalue weighted by Crippen LogP contribution is -2.46. The quantitative estimate of drug-likeness (QED) is 0.644. The highest BCUT2D eigenvalue weighted by Gasteiger charge is 2.30. The summed E-state index contributed by atoms with van der Waals surface area (Å²) >= 11 is 0. The maximum absolute atomic E-state index is 12.8. The zero-order valence-corrected chi connectivity index (χ0v) is 14.4. The monoisotopic (exact) mass is 354 g/mol. The molecule has 1 aromatic carbocycles. The number of piperidine rings is 1. The van der Waals surface area contributed by atoms with Gasteiger partial charge < -0.3 is 20.1 Å². The van der Waals surface area contributed by atoms with Crippen molar-refractivity contribution >= 4 is 11.0 Å². The number of aliphatic hydroxyl groups excluding tert-OH is 1. The van der Waals surface area contributed by atoms with Crippen molar-refractivity contribution in [3.63, 3.8) is 0 Å². The largest absolute Gasteiger partial charge is 0.392 e. The molecule has 2 aromatic heterocycles. The van der Waals surface area contributed by atoms with E-state index in [4.69, 9.17) is 5.11 Å². The highest BCUT2D eigenvalue weighted by molar-refractivity contribution is 5.76. The average Bonchev–Trinajstić information content (AvgIpc) is 3.09. The van der Waals surface area contributed by atoms with Crippen molar-refractivity contribution < 1.29 is 10.2 Å². The molecule has 1 fully saturated rings. The van der Waals surface area contributed by atoms with E-state index in [0.29, 0.717) is 23.9 Å². The van der Waals surface area contributed by atoms with E-state index in [0.717, 1.165) is 24.3 Å². The molecule has 1 saturated heterocycles. The van der Waals surface area contributed by atoms with Gasteiger partial charge in [0.1, 0.15) is 6.33 Å². The first-order valence-electron chi connectivity index (χ1n) is 8.79. The first kappa shape index (κ1) is 17.0. The van der Waals surface area contributed by atoms with E-state index in [1.807, 2.05) is 35.0 Å². The summed E-state index contributed by atoms with van der Waals surface area (Å²) in [5.74, 6) is 0. The topological polar surface area (TPSA) is 92.3 Å². The predicted molar refractivity (Wildman–Crippen MR) is 98.3 cm³/mol. The van der Waals surface area contributed by atoms with Crippen LogP contribution in [0.2, 0.25) is 0 Å². The Balaban J connectivity index is 1.69. The minimum atomic E-state index is -0.868. The lowest BCUT2D eigenvalue weighted by molar-refractivity contribution is -0.00627. The molecule has 0 unspecified atom stereocenters. The van der Waals surface area contributed by atoms with Gasteiger partial charge in [-0.25, -0.2) is 4.98 Å². The van der Waals surface area contributed by atoms with Crippen molar-refractivity contribution in [3.05, 3.63) is 58.8 Å². The summed E-state index contributed by atoms with van der Waals surface area (Å²) in [5, 5.41) is 23.6. The SMILES string of the molecule is O=c1c2ccn(-c3ccc(CO)cc3)c2ncn1CC1(O)CCNCC1. The van der Waals surface area contributed by atoms with Gasteiger partial charge in [0.2, 0.25) is 0 Å². The number of benzene rings is 1. The standard InChI is InChI=1S/C19H22N4O3/c24-11-14-1-3-15(4-2-14)23-10-5-16-17(23)21-13-22(18(16)25)12-19(26)6-8-20-9-7-19/h1-5,10,13,20,24,26H,6-9,11-12H2. The van der Waals surface area contributed by atoms with Gasteiger partial charge in [-0.3, -0.25) is 9.36 Å². The van der Waals surface area contributed by atoms with Crippen LogP contribution in [0.25, 0.3) is 16.7 Å². The average molecular weight is 354 g/mol. The second kappa shape index (κ2) is 6.68. The van der Waals surface area contributed by atoms with Crippen LogP contribution in [-0.4, -0.2) is 43.0 Å². The van der Waals surface area contributed by atoms with Crippen LogP contribution in [0.3, 0.4) is 0 Å². The van der Waals surface area contributed by atoms with Gasteiger partial charge in [0.05, 0.1) is 24.1 Å². The molecule has 0 saturated carbocycles. The van der Waals surface area contributed by atoms with E-state index in [-0.39, 0.29) is 18.7 Å². The van der Waals surface area contributed by atoms with Crippen LogP contribution in [0.1, 0.15) is 18.4 Å². The number of nitrogens with zero attached hydrogens (tertiary/aromatic N) is 3. The Hall–Kier alpha value is -2.48. The summed E-state index contributed by atoms with van der Waals surface area (Å²) in [4.78, 5) is 17.3. The molecule has 1 aliphatic heterocycles. The van der Waals surface area contributed by atoms with Crippen molar-refractivity contribution in [1.29, 1.82) is 0 Å². The summed E-state index contributed by atoms with van der Waals surface area (Å²) in [5.41, 5.74) is 1.27. The number of aliphatic hydroxyl groups is 2. The van der Waals surface area contributed by atoms with Crippen LogP contribution < -0.4 is 10.9 Å². The van der Waals surface area contributed by atoms with Gasteiger partial charge in [0.25, 0.3) is 5.56 Å². The molecule has 3 N–H and O–H groups in total. The van der Waals surface area contributed by atoms with Crippen LogP contribution in [0.5, 0.6) is 0 Å². The minimum absolute atomic E-state index is 0.00586. The van der Waals surface area contributed by atoms with Gasteiger partial charge in [-0.05, 0) is 49.7 Å². The van der Waals surface area contributed by atoms with Crippen LogP contribution >= 0.6 is 0 Å². The second-order valence-corrected chi connectivity index (χ2v) is 6.90. The third kappa shape index (κ3) is 3.05. The number of fused-ring (bicyclic) bond motifs is 1. The zero-order valence-electron chi connectivity index (χ0n) is 14.4.